The van der Waals surface area contributed by atoms with Crippen molar-refractivity contribution in [3.05, 3.63) is 6.20 Å². The number of hydrogen-bond donors (Lipinski definition) is 0. The first kappa shape index (κ1) is 9.03. The van der Waals surface area contributed by atoms with Gasteiger partial charge in [-0.05, 0) is 20.8 Å². The van der Waals surface area contributed by atoms with Crippen LogP contribution in [-0.4, -0.2) is 29.1 Å². The molecule has 12 heavy (non-hydrogen) atoms. The number of anilines is 1. The minimum absolute atomic E-state index is 0.0151. The van der Waals surface area contributed by atoms with Crippen molar-refractivity contribution in [3.8, 4) is 0 Å². The highest BCUT2D eigenvalue weighted by Gasteiger charge is 2.15. The van der Waals surface area contributed by atoms with Crippen molar-refractivity contribution in [1.82, 2.24) is 15.0 Å². The smallest absolute Gasteiger partial charge is 0.170 e. The first-order valence-corrected chi connectivity index (χ1v) is 4.01. The second-order valence-corrected chi connectivity index (χ2v) is 4.09. The third-order valence-corrected chi connectivity index (χ3v) is 1.63. The molecular formula is C8H16N4. The summed E-state index contributed by atoms with van der Waals surface area (Å²) in [6.07, 6.45) is 1.94. The predicted molar refractivity (Wildman–Crippen MR) is 49.3 cm³/mol. The van der Waals surface area contributed by atoms with Crippen LogP contribution >= 0.6 is 0 Å². The van der Waals surface area contributed by atoms with Crippen LogP contribution in [0, 0.1) is 0 Å². The molecule has 0 aromatic carbocycles. The molecule has 4 heteroatoms. The maximum atomic E-state index is 4.03. The summed E-state index contributed by atoms with van der Waals surface area (Å²) in [5.41, 5.74) is 0.0151. The van der Waals surface area contributed by atoms with Crippen LogP contribution in [0.15, 0.2) is 6.20 Å². The fraction of sp³-hybridized carbons (Fsp3) is 0.750. The van der Waals surface area contributed by atoms with Gasteiger partial charge in [0.25, 0.3) is 0 Å². The highest BCUT2D eigenvalue weighted by atomic mass is 15.5. The molecule has 0 spiro atoms. The Morgan fingerprint density at radius 1 is 1.33 bits per heavy atom. The molecule has 0 saturated heterocycles. The van der Waals surface area contributed by atoms with Crippen LogP contribution in [0.3, 0.4) is 0 Å². The molecule has 0 aliphatic carbocycles. The van der Waals surface area contributed by atoms with E-state index in [0.717, 1.165) is 5.82 Å². The molecule has 0 amide bonds. The summed E-state index contributed by atoms with van der Waals surface area (Å²) in [5.74, 6) is 0.893. The summed E-state index contributed by atoms with van der Waals surface area (Å²) in [7, 11) is 3.91. The lowest BCUT2D eigenvalue weighted by Crippen LogP contribution is -2.22. The maximum absolute atomic E-state index is 4.03. The van der Waals surface area contributed by atoms with Gasteiger partial charge in [-0.2, -0.15) is 0 Å². The highest BCUT2D eigenvalue weighted by Crippen LogP contribution is 2.14. The lowest BCUT2D eigenvalue weighted by Gasteiger charge is -2.17. The van der Waals surface area contributed by atoms with E-state index in [1.54, 1.807) is 0 Å². The quantitative estimate of drug-likeness (QED) is 0.629. The van der Waals surface area contributed by atoms with Crippen molar-refractivity contribution >= 4 is 5.82 Å². The largest absolute Gasteiger partial charge is 0.360 e. The lowest BCUT2D eigenvalue weighted by molar-refractivity contribution is 0.347. The maximum Gasteiger partial charge on any atom is 0.170 e. The molecule has 0 N–H and O–H groups in total. The Labute approximate surface area is 73.2 Å². The molecule has 4 nitrogen and oxygen atoms in total. The van der Waals surface area contributed by atoms with Crippen LogP contribution < -0.4 is 4.90 Å². The molecule has 0 radical (unpaired) electrons. The van der Waals surface area contributed by atoms with Crippen LogP contribution in [-0.2, 0) is 5.54 Å². The molecule has 1 aromatic rings. The molecule has 0 fully saturated rings. The van der Waals surface area contributed by atoms with Crippen molar-refractivity contribution in [1.29, 1.82) is 0 Å². The summed E-state index contributed by atoms with van der Waals surface area (Å²) in [6.45, 7) is 6.30. The second kappa shape index (κ2) is 2.77. The SMILES string of the molecule is CN(C)c1cn(C(C)(C)C)nn1. The third-order valence-electron chi connectivity index (χ3n) is 1.63. The van der Waals surface area contributed by atoms with Gasteiger partial charge in [0.05, 0.1) is 11.7 Å². The van der Waals surface area contributed by atoms with Crippen molar-refractivity contribution < 1.29 is 0 Å². The Balaban J connectivity index is 2.92. The summed E-state index contributed by atoms with van der Waals surface area (Å²) in [5, 5.41) is 8.05. The molecule has 0 atom stereocenters. The molecule has 1 rings (SSSR count). The average Bonchev–Trinajstić information content (AvgIpc) is 2.30. The first-order chi connectivity index (χ1) is 5.41. The Morgan fingerprint density at radius 3 is 2.17 bits per heavy atom. The predicted octanol–water partition coefficient (Wildman–Crippen LogP) is 1.10. The van der Waals surface area contributed by atoms with E-state index in [1.807, 2.05) is 29.9 Å². The van der Waals surface area contributed by atoms with Gasteiger partial charge in [0.1, 0.15) is 0 Å². The van der Waals surface area contributed by atoms with Gasteiger partial charge in [-0.25, -0.2) is 4.68 Å². The fourth-order valence-electron chi connectivity index (χ4n) is 0.788. The Hall–Kier alpha value is -1.06. The minimum atomic E-state index is 0.0151. The zero-order valence-electron chi connectivity index (χ0n) is 8.37. The summed E-state index contributed by atoms with van der Waals surface area (Å²) in [4.78, 5) is 1.94. The number of nitrogens with zero attached hydrogens (tertiary/aromatic N) is 4. The van der Waals surface area contributed by atoms with E-state index in [4.69, 9.17) is 0 Å². The topological polar surface area (TPSA) is 34.0 Å². The van der Waals surface area contributed by atoms with Gasteiger partial charge in [0, 0.05) is 14.1 Å². The van der Waals surface area contributed by atoms with Crippen molar-refractivity contribution in [2.24, 2.45) is 0 Å². The second-order valence-electron chi connectivity index (χ2n) is 4.09. The van der Waals surface area contributed by atoms with Gasteiger partial charge in [-0.15, -0.1) is 5.10 Å². The molecule has 0 bridgehead atoms. The zero-order valence-corrected chi connectivity index (χ0v) is 8.37. The number of hydrogen-bond acceptors (Lipinski definition) is 3. The van der Waals surface area contributed by atoms with Gasteiger partial charge in [0.2, 0.25) is 0 Å². The van der Waals surface area contributed by atoms with Crippen LogP contribution in [0.1, 0.15) is 20.8 Å². The summed E-state index contributed by atoms with van der Waals surface area (Å²) in [6, 6.07) is 0. The van der Waals surface area contributed by atoms with Crippen LogP contribution in [0.2, 0.25) is 0 Å². The van der Waals surface area contributed by atoms with E-state index < -0.39 is 0 Å². The van der Waals surface area contributed by atoms with Gasteiger partial charge in [0.15, 0.2) is 5.82 Å². The van der Waals surface area contributed by atoms with Gasteiger partial charge in [-0.1, -0.05) is 5.21 Å². The summed E-state index contributed by atoms with van der Waals surface area (Å²) < 4.78 is 1.86. The van der Waals surface area contributed by atoms with Crippen LogP contribution in [0.25, 0.3) is 0 Å². The fourth-order valence-corrected chi connectivity index (χ4v) is 0.788. The van der Waals surface area contributed by atoms with Crippen molar-refractivity contribution in [2.75, 3.05) is 19.0 Å². The van der Waals surface area contributed by atoms with Gasteiger partial charge >= 0.3 is 0 Å². The molecule has 1 aromatic heterocycles. The van der Waals surface area contributed by atoms with E-state index in [1.165, 1.54) is 0 Å². The summed E-state index contributed by atoms with van der Waals surface area (Å²) >= 11 is 0. The molecular weight excluding hydrogens is 152 g/mol. The minimum Gasteiger partial charge on any atom is -0.360 e. The molecule has 68 valence electrons. The van der Waals surface area contributed by atoms with E-state index in [-0.39, 0.29) is 5.54 Å². The number of aromatic nitrogens is 3. The highest BCUT2D eigenvalue weighted by molar-refractivity contribution is 5.31. The lowest BCUT2D eigenvalue weighted by atomic mass is 10.1. The molecule has 0 aliphatic heterocycles. The third kappa shape index (κ3) is 1.75. The van der Waals surface area contributed by atoms with Gasteiger partial charge < -0.3 is 4.90 Å². The number of rotatable bonds is 1. The van der Waals surface area contributed by atoms with Crippen LogP contribution in [0.4, 0.5) is 5.82 Å². The first-order valence-electron chi connectivity index (χ1n) is 4.01. The average molecular weight is 168 g/mol. The van der Waals surface area contributed by atoms with Crippen molar-refractivity contribution in [3.63, 3.8) is 0 Å². The normalized spacial score (nSPS) is 11.8. The van der Waals surface area contributed by atoms with Gasteiger partial charge in [-0.3, -0.25) is 0 Å². The van der Waals surface area contributed by atoms with E-state index in [0.29, 0.717) is 0 Å². The van der Waals surface area contributed by atoms with Crippen molar-refractivity contribution in [2.45, 2.75) is 26.3 Å². The van der Waals surface area contributed by atoms with E-state index in [9.17, 15) is 0 Å². The zero-order chi connectivity index (χ0) is 9.35. The Bertz CT molecular complexity index is 256. The molecule has 0 unspecified atom stereocenters. The molecule has 0 saturated carbocycles. The standard InChI is InChI=1S/C8H16N4/c1-8(2,3)12-6-7(9-10-12)11(4)5/h6H,1-5H3. The monoisotopic (exact) mass is 168 g/mol. The Kier molecular flexibility index (Phi) is 2.08. The van der Waals surface area contributed by atoms with E-state index in [2.05, 4.69) is 31.1 Å². The molecule has 1 heterocycles. The Morgan fingerprint density at radius 2 is 1.92 bits per heavy atom. The molecule has 0 aliphatic rings. The van der Waals surface area contributed by atoms with E-state index >= 15 is 0 Å². The van der Waals surface area contributed by atoms with Crippen LogP contribution in [0.5, 0.6) is 0 Å².